The molecule has 0 aromatic carbocycles. The van der Waals surface area contributed by atoms with E-state index in [4.69, 9.17) is 4.74 Å². The Morgan fingerprint density at radius 1 is 1.47 bits per heavy atom. The minimum atomic E-state index is -0.00852. The van der Waals surface area contributed by atoms with Gasteiger partial charge in [0.1, 0.15) is 0 Å². The lowest BCUT2D eigenvalue weighted by molar-refractivity contribution is 0.167. The van der Waals surface area contributed by atoms with Crippen LogP contribution in [0.4, 0.5) is 0 Å². The Balaban J connectivity index is 2.36. The lowest BCUT2D eigenvalue weighted by Gasteiger charge is -2.34. The van der Waals surface area contributed by atoms with Crippen molar-refractivity contribution in [1.29, 1.82) is 5.26 Å². The summed E-state index contributed by atoms with van der Waals surface area (Å²) in [5.41, 5.74) is -0.00852. The van der Waals surface area contributed by atoms with Crippen LogP contribution in [-0.2, 0) is 4.74 Å². The average Bonchev–Trinajstić information content (AvgIpc) is 2.25. The highest BCUT2D eigenvalue weighted by Crippen LogP contribution is 2.42. The van der Waals surface area contributed by atoms with Gasteiger partial charge in [0.2, 0.25) is 0 Å². The van der Waals surface area contributed by atoms with E-state index in [0.29, 0.717) is 0 Å². The maximum absolute atomic E-state index is 9.33. The number of hydrogen-bond acceptors (Lipinski definition) is 2. The minimum Gasteiger partial charge on any atom is -0.385 e. The standard InChI is InChI=1S/C13H23NO/c1-12-6-5-8-13(10-12,11-14)7-3-4-9-15-2/h12H,3-10H2,1-2H3. The summed E-state index contributed by atoms with van der Waals surface area (Å²) in [6.45, 7) is 3.11. The molecule has 0 N–H and O–H groups in total. The second-order valence-electron chi connectivity index (χ2n) is 5.04. The molecule has 86 valence electrons. The van der Waals surface area contributed by atoms with Crippen molar-refractivity contribution in [1.82, 2.24) is 0 Å². The molecule has 2 nitrogen and oxygen atoms in total. The van der Waals surface area contributed by atoms with Crippen LogP contribution in [-0.4, -0.2) is 13.7 Å². The smallest absolute Gasteiger partial charge is 0.0689 e. The third-order valence-electron chi connectivity index (χ3n) is 3.58. The molecule has 2 atom stereocenters. The summed E-state index contributed by atoms with van der Waals surface area (Å²) >= 11 is 0. The van der Waals surface area contributed by atoms with Crippen molar-refractivity contribution >= 4 is 0 Å². The zero-order valence-electron chi connectivity index (χ0n) is 10.1. The topological polar surface area (TPSA) is 33.0 Å². The van der Waals surface area contributed by atoms with E-state index in [-0.39, 0.29) is 5.41 Å². The van der Waals surface area contributed by atoms with Crippen LogP contribution in [0.15, 0.2) is 0 Å². The van der Waals surface area contributed by atoms with Gasteiger partial charge in [-0.3, -0.25) is 0 Å². The summed E-state index contributed by atoms with van der Waals surface area (Å²) in [5, 5.41) is 9.33. The van der Waals surface area contributed by atoms with Gasteiger partial charge >= 0.3 is 0 Å². The lowest BCUT2D eigenvalue weighted by Crippen LogP contribution is -2.26. The van der Waals surface area contributed by atoms with E-state index in [1.807, 2.05) is 0 Å². The molecule has 1 rings (SSSR count). The number of nitrogens with zero attached hydrogens (tertiary/aromatic N) is 1. The number of rotatable bonds is 5. The highest BCUT2D eigenvalue weighted by molar-refractivity contribution is 5.01. The van der Waals surface area contributed by atoms with Gasteiger partial charge in [0.05, 0.1) is 11.5 Å². The number of ether oxygens (including phenoxy) is 1. The molecule has 1 aliphatic rings. The fourth-order valence-electron chi connectivity index (χ4n) is 2.75. The van der Waals surface area contributed by atoms with Gasteiger partial charge in [-0.2, -0.15) is 5.26 Å². The first kappa shape index (κ1) is 12.5. The fraction of sp³-hybridized carbons (Fsp3) is 0.923. The van der Waals surface area contributed by atoms with E-state index in [0.717, 1.165) is 44.6 Å². The Morgan fingerprint density at radius 2 is 2.27 bits per heavy atom. The zero-order chi connectivity index (χ0) is 11.1. The molecule has 0 aromatic heterocycles. The molecular formula is C13H23NO. The van der Waals surface area contributed by atoms with Crippen LogP contribution in [0.2, 0.25) is 0 Å². The van der Waals surface area contributed by atoms with E-state index in [1.54, 1.807) is 7.11 Å². The van der Waals surface area contributed by atoms with Gasteiger partial charge in [0, 0.05) is 13.7 Å². The Hall–Kier alpha value is -0.550. The van der Waals surface area contributed by atoms with Crippen LogP contribution in [0.25, 0.3) is 0 Å². The van der Waals surface area contributed by atoms with Gasteiger partial charge in [-0.05, 0) is 38.0 Å². The third-order valence-corrected chi connectivity index (χ3v) is 3.58. The molecule has 1 fully saturated rings. The predicted octanol–water partition coefficient (Wildman–Crippen LogP) is 3.52. The maximum Gasteiger partial charge on any atom is 0.0689 e. The minimum absolute atomic E-state index is 0.00852. The highest BCUT2D eigenvalue weighted by Gasteiger charge is 2.34. The Bertz CT molecular complexity index is 221. The molecule has 0 radical (unpaired) electrons. The largest absolute Gasteiger partial charge is 0.385 e. The van der Waals surface area contributed by atoms with E-state index >= 15 is 0 Å². The second kappa shape index (κ2) is 6.12. The Labute approximate surface area is 93.6 Å². The van der Waals surface area contributed by atoms with Crippen LogP contribution in [0.3, 0.4) is 0 Å². The monoisotopic (exact) mass is 209 g/mol. The molecule has 0 spiro atoms. The molecular weight excluding hydrogens is 186 g/mol. The molecule has 1 saturated carbocycles. The SMILES string of the molecule is COCCCCC1(C#N)CCCC(C)C1. The van der Waals surface area contributed by atoms with Crippen molar-refractivity contribution < 1.29 is 4.74 Å². The van der Waals surface area contributed by atoms with Crippen molar-refractivity contribution in [2.75, 3.05) is 13.7 Å². The number of hydrogen-bond donors (Lipinski definition) is 0. The van der Waals surface area contributed by atoms with Crippen LogP contribution in [0.5, 0.6) is 0 Å². The first-order valence-electron chi connectivity index (χ1n) is 6.13. The van der Waals surface area contributed by atoms with Gasteiger partial charge in [0.25, 0.3) is 0 Å². The lowest BCUT2D eigenvalue weighted by atomic mass is 9.68. The molecule has 15 heavy (non-hydrogen) atoms. The van der Waals surface area contributed by atoms with Crippen LogP contribution in [0, 0.1) is 22.7 Å². The quantitative estimate of drug-likeness (QED) is 0.649. The molecule has 2 heteroatoms. The second-order valence-corrected chi connectivity index (χ2v) is 5.04. The number of methoxy groups -OCH3 is 1. The van der Waals surface area contributed by atoms with E-state index < -0.39 is 0 Å². The fourth-order valence-corrected chi connectivity index (χ4v) is 2.75. The first-order valence-corrected chi connectivity index (χ1v) is 6.13. The van der Waals surface area contributed by atoms with Crippen molar-refractivity contribution in [3.63, 3.8) is 0 Å². The highest BCUT2D eigenvalue weighted by atomic mass is 16.5. The van der Waals surface area contributed by atoms with Crippen molar-refractivity contribution in [2.24, 2.45) is 11.3 Å². The molecule has 0 aliphatic heterocycles. The molecule has 0 bridgehead atoms. The van der Waals surface area contributed by atoms with E-state index in [1.165, 1.54) is 12.8 Å². The van der Waals surface area contributed by atoms with Crippen LogP contribution >= 0.6 is 0 Å². The summed E-state index contributed by atoms with van der Waals surface area (Å²) < 4.78 is 5.04. The van der Waals surface area contributed by atoms with Gasteiger partial charge in [0.15, 0.2) is 0 Å². The summed E-state index contributed by atoms with van der Waals surface area (Å²) in [7, 11) is 1.74. The molecule has 0 heterocycles. The first-order chi connectivity index (χ1) is 7.22. The van der Waals surface area contributed by atoms with Crippen LogP contribution in [0.1, 0.15) is 51.9 Å². The summed E-state index contributed by atoms with van der Waals surface area (Å²) in [5.74, 6) is 0.737. The zero-order valence-corrected chi connectivity index (χ0v) is 10.1. The summed E-state index contributed by atoms with van der Waals surface area (Å²) in [4.78, 5) is 0. The number of nitriles is 1. The molecule has 0 aromatic rings. The Kier molecular flexibility index (Phi) is 5.11. The van der Waals surface area contributed by atoms with Crippen LogP contribution < -0.4 is 0 Å². The van der Waals surface area contributed by atoms with Gasteiger partial charge in [-0.15, -0.1) is 0 Å². The summed E-state index contributed by atoms with van der Waals surface area (Å²) in [6.07, 6.45) is 8.05. The van der Waals surface area contributed by atoms with Gasteiger partial charge in [-0.1, -0.05) is 19.8 Å². The van der Waals surface area contributed by atoms with Gasteiger partial charge in [-0.25, -0.2) is 0 Å². The van der Waals surface area contributed by atoms with Crippen molar-refractivity contribution in [3.05, 3.63) is 0 Å². The molecule has 1 aliphatic carbocycles. The molecule has 0 amide bonds. The molecule has 2 unspecified atom stereocenters. The third kappa shape index (κ3) is 3.83. The Morgan fingerprint density at radius 3 is 2.87 bits per heavy atom. The van der Waals surface area contributed by atoms with E-state index in [2.05, 4.69) is 13.0 Å². The normalized spacial score (nSPS) is 31.1. The predicted molar refractivity (Wildman–Crippen MR) is 61.4 cm³/mol. The summed E-state index contributed by atoms with van der Waals surface area (Å²) in [6, 6.07) is 2.58. The van der Waals surface area contributed by atoms with Crippen molar-refractivity contribution in [3.8, 4) is 6.07 Å². The maximum atomic E-state index is 9.33. The van der Waals surface area contributed by atoms with Gasteiger partial charge < -0.3 is 4.74 Å². The average molecular weight is 209 g/mol. The van der Waals surface area contributed by atoms with E-state index in [9.17, 15) is 5.26 Å². The number of unbranched alkanes of at least 4 members (excludes halogenated alkanes) is 1. The van der Waals surface area contributed by atoms with Crippen molar-refractivity contribution in [2.45, 2.75) is 51.9 Å². The molecule has 0 saturated heterocycles.